The third kappa shape index (κ3) is 2.86. The smallest absolute Gasteiger partial charge is 0.270 e. The number of hydrogen-bond donors (Lipinski definition) is 1. The Hall–Kier alpha value is -2.92. The second kappa shape index (κ2) is 6.06. The summed E-state index contributed by atoms with van der Waals surface area (Å²) < 4.78 is 5.35. The molecule has 3 rings (SSSR count). The summed E-state index contributed by atoms with van der Waals surface area (Å²) in [6, 6.07) is 16.6. The van der Waals surface area contributed by atoms with Gasteiger partial charge in [-0.1, -0.05) is 24.3 Å². The van der Waals surface area contributed by atoms with Gasteiger partial charge in [0.2, 0.25) is 0 Å². The summed E-state index contributed by atoms with van der Waals surface area (Å²) in [6.07, 6.45) is 0. The van der Waals surface area contributed by atoms with Crippen LogP contribution in [0.25, 0.3) is 21.9 Å². The Morgan fingerprint density at radius 2 is 1.83 bits per heavy atom. The van der Waals surface area contributed by atoms with Crippen LogP contribution in [0.5, 0.6) is 5.75 Å². The number of nitro benzene ring substituents is 1. The minimum atomic E-state index is -0.406. The largest absolute Gasteiger partial charge is 0.496 e. The van der Waals surface area contributed by atoms with E-state index in [0.717, 1.165) is 21.9 Å². The van der Waals surface area contributed by atoms with E-state index in [9.17, 15) is 10.1 Å². The molecule has 0 aromatic heterocycles. The van der Waals surface area contributed by atoms with Crippen LogP contribution in [0, 0.1) is 10.1 Å². The van der Waals surface area contributed by atoms with Crippen molar-refractivity contribution in [2.75, 3.05) is 7.11 Å². The average Bonchev–Trinajstić information content (AvgIpc) is 2.60. The highest BCUT2D eigenvalue weighted by molar-refractivity contribution is 5.89. The Kier molecular flexibility index (Phi) is 3.95. The van der Waals surface area contributed by atoms with Crippen LogP contribution in [-0.4, -0.2) is 12.0 Å². The number of ether oxygens (including phenoxy) is 1. The van der Waals surface area contributed by atoms with E-state index in [-0.39, 0.29) is 5.69 Å². The first-order chi connectivity index (χ1) is 11.1. The van der Waals surface area contributed by atoms with Crippen molar-refractivity contribution in [3.8, 4) is 16.9 Å². The summed E-state index contributed by atoms with van der Waals surface area (Å²) in [5.74, 6) is 0.602. The Morgan fingerprint density at radius 1 is 1.04 bits per heavy atom. The number of nitrogens with two attached hydrogens (primary N) is 1. The fourth-order valence-corrected chi connectivity index (χ4v) is 2.63. The summed E-state index contributed by atoms with van der Waals surface area (Å²) in [5, 5.41) is 13.2. The number of nitrogens with zero attached hydrogens (tertiary/aromatic N) is 1. The first kappa shape index (κ1) is 15.0. The van der Waals surface area contributed by atoms with Crippen LogP contribution in [0.1, 0.15) is 5.56 Å². The van der Waals surface area contributed by atoms with E-state index in [1.54, 1.807) is 13.2 Å². The van der Waals surface area contributed by atoms with Crippen molar-refractivity contribution < 1.29 is 9.66 Å². The molecular formula is C18H16N2O3. The summed E-state index contributed by atoms with van der Waals surface area (Å²) >= 11 is 0. The van der Waals surface area contributed by atoms with E-state index in [4.69, 9.17) is 10.5 Å². The first-order valence-electron chi connectivity index (χ1n) is 7.18. The van der Waals surface area contributed by atoms with E-state index >= 15 is 0 Å². The number of fused-ring (bicyclic) bond motifs is 1. The van der Waals surface area contributed by atoms with Gasteiger partial charge in [0.05, 0.1) is 12.0 Å². The zero-order valence-electron chi connectivity index (χ0n) is 12.7. The van der Waals surface area contributed by atoms with Gasteiger partial charge in [0, 0.05) is 24.2 Å². The quantitative estimate of drug-likeness (QED) is 0.586. The molecule has 23 heavy (non-hydrogen) atoms. The zero-order valence-corrected chi connectivity index (χ0v) is 12.7. The Labute approximate surface area is 133 Å². The highest BCUT2D eigenvalue weighted by Gasteiger charge is 2.13. The van der Waals surface area contributed by atoms with E-state index in [1.165, 1.54) is 12.1 Å². The highest BCUT2D eigenvalue weighted by Crippen LogP contribution is 2.34. The molecular weight excluding hydrogens is 292 g/mol. The van der Waals surface area contributed by atoms with Gasteiger partial charge in [0.1, 0.15) is 5.75 Å². The summed E-state index contributed by atoms with van der Waals surface area (Å²) in [5.41, 5.74) is 8.34. The fraction of sp³-hybridized carbons (Fsp3) is 0.111. The minimum absolute atomic E-state index is 0.0385. The van der Waals surface area contributed by atoms with Crippen molar-refractivity contribution in [3.63, 3.8) is 0 Å². The molecule has 0 atom stereocenters. The average molecular weight is 308 g/mol. The topological polar surface area (TPSA) is 78.4 Å². The molecule has 0 aliphatic heterocycles. The Morgan fingerprint density at radius 3 is 2.52 bits per heavy atom. The fourth-order valence-electron chi connectivity index (χ4n) is 2.63. The molecule has 0 amide bonds. The Bertz CT molecular complexity index is 891. The molecule has 0 unspecified atom stereocenters. The van der Waals surface area contributed by atoms with Crippen molar-refractivity contribution in [2.24, 2.45) is 5.73 Å². The predicted octanol–water partition coefficient (Wildman–Crippen LogP) is 3.88. The van der Waals surface area contributed by atoms with Gasteiger partial charge in [-0.3, -0.25) is 10.1 Å². The standard InChI is InChI=1S/C18H16N2O3/c1-23-18-7-6-16(20(21)22)10-17(18)14-5-4-13-3-2-12(11-19)8-15(13)9-14/h2-10H,11,19H2,1H3. The lowest BCUT2D eigenvalue weighted by Crippen LogP contribution is -1.95. The predicted molar refractivity (Wildman–Crippen MR) is 90.5 cm³/mol. The SMILES string of the molecule is COc1ccc([N+](=O)[O-])cc1-c1ccc2ccc(CN)cc2c1. The molecule has 0 radical (unpaired) electrons. The lowest BCUT2D eigenvalue weighted by molar-refractivity contribution is -0.384. The van der Waals surface area contributed by atoms with Gasteiger partial charge >= 0.3 is 0 Å². The third-order valence-corrected chi connectivity index (χ3v) is 3.85. The van der Waals surface area contributed by atoms with Crippen LogP contribution in [0.4, 0.5) is 5.69 Å². The van der Waals surface area contributed by atoms with Gasteiger partial charge < -0.3 is 10.5 Å². The Balaban J connectivity index is 2.18. The molecule has 0 aliphatic rings. The van der Waals surface area contributed by atoms with Crippen LogP contribution in [0.3, 0.4) is 0 Å². The van der Waals surface area contributed by atoms with E-state index < -0.39 is 4.92 Å². The third-order valence-electron chi connectivity index (χ3n) is 3.85. The second-order valence-electron chi connectivity index (χ2n) is 5.24. The molecule has 5 heteroatoms. The molecule has 0 aliphatic carbocycles. The van der Waals surface area contributed by atoms with Crippen molar-refractivity contribution in [1.29, 1.82) is 0 Å². The van der Waals surface area contributed by atoms with Gasteiger partial charge in [-0.05, 0) is 40.1 Å². The van der Waals surface area contributed by atoms with Crippen LogP contribution < -0.4 is 10.5 Å². The number of nitro groups is 1. The molecule has 5 nitrogen and oxygen atoms in total. The number of rotatable bonds is 4. The van der Waals surface area contributed by atoms with Crippen molar-refractivity contribution in [3.05, 3.63) is 70.3 Å². The molecule has 0 saturated carbocycles. The number of benzene rings is 3. The van der Waals surface area contributed by atoms with Gasteiger partial charge in [0.15, 0.2) is 0 Å². The molecule has 0 bridgehead atoms. The van der Waals surface area contributed by atoms with E-state index in [0.29, 0.717) is 17.9 Å². The summed E-state index contributed by atoms with van der Waals surface area (Å²) in [4.78, 5) is 10.6. The van der Waals surface area contributed by atoms with Crippen molar-refractivity contribution in [2.45, 2.75) is 6.54 Å². The maximum atomic E-state index is 11.0. The minimum Gasteiger partial charge on any atom is -0.496 e. The van der Waals surface area contributed by atoms with Crippen LogP contribution >= 0.6 is 0 Å². The summed E-state index contributed by atoms with van der Waals surface area (Å²) in [7, 11) is 1.55. The van der Waals surface area contributed by atoms with Crippen molar-refractivity contribution >= 4 is 16.5 Å². The molecule has 116 valence electrons. The molecule has 2 N–H and O–H groups in total. The van der Waals surface area contributed by atoms with Gasteiger partial charge in [-0.25, -0.2) is 0 Å². The monoisotopic (exact) mass is 308 g/mol. The maximum Gasteiger partial charge on any atom is 0.270 e. The van der Waals surface area contributed by atoms with Gasteiger partial charge in [0.25, 0.3) is 5.69 Å². The lowest BCUT2D eigenvalue weighted by Gasteiger charge is -2.10. The van der Waals surface area contributed by atoms with Gasteiger partial charge in [-0.2, -0.15) is 0 Å². The molecule has 3 aromatic rings. The zero-order chi connectivity index (χ0) is 16.4. The van der Waals surface area contributed by atoms with E-state index in [2.05, 4.69) is 0 Å². The van der Waals surface area contributed by atoms with Crippen LogP contribution in [-0.2, 0) is 6.54 Å². The van der Waals surface area contributed by atoms with Crippen molar-refractivity contribution in [1.82, 2.24) is 0 Å². The number of hydrogen-bond acceptors (Lipinski definition) is 4. The van der Waals surface area contributed by atoms with E-state index in [1.807, 2.05) is 36.4 Å². The number of non-ortho nitro benzene ring substituents is 1. The van der Waals surface area contributed by atoms with Crippen LogP contribution in [0.15, 0.2) is 54.6 Å². The van der Waals surface area contributed by atoms with Crippen LogP contribution in [0.2, 0.25) is 0 Å². The lowest BCUT2D eigenvalue weighted by atomic mass is 9.99. The number of methoxy groups -OCH3 is 1. The molecule has 3 aromatic carbocycles. The molecule has 0 saturated heterocycles. The second-order valence-corrected chi connectivity index (χ2v) is 5.24. The molecule has 0 spiro atoms. The first-order valence-corrected chi connectivity index (χ1v) is 7.18. The molecule has 0 heterocycles. The molecule has 0 fully saturated rings. The van der Waals surface area contributed by atoms with Gasteiger partial charge in [-0.15, -0.1) is 0 Å². The highest BCUT2D eigenvalue weighted by atomic mass is 16.6. The summed E-state index contributed by atoms with van der Waals surface area (Å²) in [6.45, 7) is 0.473. The maximum absolute atomic E-state index is 11.0. The normalized spacial score (nSPS) is 10.7.